The average Bonchev–Trinajstić information content (AvgIpc) is 2.47. The van der Waals surface area contributed by atoms with Gasteiger partial charge in [-0.15, -0.1) is 0 Å². The van der Waals surface area contributed by atoms with E-state index in [4.69, 9.17) is 25.2 Å². The van der Waals surface area contributed by atoms with Crippen molar-refractivity contribution in [2.24, 2.45) is 0 Å². The molecule has 0 aromatic carbocycles. The summed E-state index contributed by atoms with van der Waals surface area (Å²) in [6.07, 6.45) is -2.69. The summed E-state index contributed by atoms with van der Waals surface area (Å²) in [6.45, 7) is 2.49. The maximum atomic E-state index is 12.6. The number of alkyl halides is 1. The van der Waals surface area contributed by atoms with Crippen LogP contribution < -0.4 is 0 Å². The highest BCUT2D eigenvalue weighted by Crippen LogP contribution is 2.19. The zero-order chi connectivity index (χ0) is 12.1. The molecule has 5 nitrogen and oxygen atoms in total. The Kier molecular flexibility index (Phi) is 6.23. The number of ether oxygens (including phenoxy) is 1. The van der Waals surface area contributed by atoms with Crippen LogP contribution in [0, 0.1) is 0 Å². The smallest absolute Gasteiger partial charge is 0.156 e. The van der Waals surface area contributed by atoms with E-state index < -0.39 is 30.8 Å². The van der Waals surface area contributed by atoms with Crippen LogP contribution in [0.4, 0.5) is 4.39 Å². The van der Waals surface area contributed by atoms with Crippen LogP contribution in [0.25, 0.3) is 0 Å². The third-order valence-corrected chi connectivity index (χ3v) is 1.63. The molecule has 2 unspecified atom stereocenters. The fourth-order valence-corrected chi connectivity index (χ4v) is 1.04. The Hall–Kier alpha value is -0.270. The van der Waals surface area contributed by atoms with Crippen LogP contribution in [0.15, 0.2) is 0 Å². The van der Waals surface area contributed by atoms with E-state index in [2.05, 4.69) is 0 Å². The number of rotatable bonds is 2. The van der Waals surface area contributed by atoms with Gasteiger partial charge in [-0.2, -0.15) is 0 Å². The molecule has 0 amide bonds. The van der Waals surface area contributed by atoms with Gasteiger partial charge >= 0.3 is 0 Å². The summed E-state index contributed by atoms with van der Waals surface area (Å²) in [7, 11) is 0. The zero-order valence-electron chi connectivity index (χ0n) is 8.93. The Morgan fingerprint density at radius 1 is 1.47 bits per heavy atom. The molecule has 0 bridgehead atoms. The van der Waals surface area contributed by atoms with Crippen molar-refractivity contribution in [3.8, 4) is 0 Å². The summed E-state index contributed by atoms with van der Waals surface area (Å²) in [6, 6.07) is 0. The molecule has 0 saturated carbocycles. The Balaban J connectivity index is 0.000000336. The van der Waals surface area contributed by atoms with E-state index in [0.717, 1.165) is 0 Å². The Labute approximate surface area is 88.1 Å². The monoisotopic (exact) mass is 226 g/mol. The summed E-state index contributed by atoms with van der Waals surface area (Å²) in [5, 5.41) is 33.5. The molecule has 3 atom stereocenters. The highest BCUT2D eigenvalue weighted by Gasteiger charge is 2.33. The first-order chi connectivity index (χ1) is 6.75. The SMILES string of the molecule is CC(C)(O)O.OCC(O)C1OCC[C@H]1F. The lowest BCUT2D eigenvalue weighted by Crippen LogP contribution is -2.34. The van der Waals surface area contributed by atoms with E-state index in [1.807, 2.05) is 0 Å². The molecule has 1 aliphatic heterocycles. The molecule has 92 valence electrons. The molecule has 0 aliphatic carbocycles. The third-order valence-electron chi connectivity index (χ3n) is 1.63. The summed E-state index contributed by atoms with van der Waals surface area (Å²) in [5.74, 6) is -1.50. The molecule has 1 fully saturated rings. The van der Waals surface area contributed by atoms with Crippen LogP contribution in [0.2, 0.25) is 0 Å². The van der Waals surface area contributed by atoms with Crippen LogP contribution in [0.3, 0.4) is 0 Å². The number of aliphatic hydroxyl groups is 4. The standard InChI is InChI=1S/C6H11FO3.C3H8O2/c7-4-1-2-10-6(4)5(9)3-8;1-3(2,4)5/h4-6,8-9H,1-3H2;4-5H,1-2H3/t4-,5?,6?;/m1./s1. The molecule has 15 heavy (non-hydrogen) atoms. The minimum Gasteiger partial charge on any atom is -0.394 e. The van der Waals surface area contributed by atoms with Crippen molar-refractivity contribution in [3.63, 3.8) is 0 Å². The lowest BCUT2D eigenvalue weighted by Gasteiger charge is -2.16. The van der Waals surface area contributed by atoms with E-state index in [-0.39, 0.29) is 0 Å². The van der Waals surface area contributed by atoms with Crippen LogP contribution in [0.1, 0.15) is 20.3 Å². The molecule has 6 heteroatoms. The second-order valence-electron chi connectivity index (χ2n) is 3.88. The van der Waals surface area contributed by atoms with Gasteiger partial charge in [0.2, 0.25) is 0 Å². The maximum absolute atomic E-state index is 12.6. The van der Waals surface area contributed by atoms with Gasteiger partial charge < -0.3 is 25.2 Å². The lowest BCUT2D eigenvalue weighted by molar-refractivity contribution is -0.127. The predicted octanol–water partition coefficient (Wildman–Crippen LogP) is -0.826. The molecule has 4 N–H and O–H groups in total. The highest BCUT2D eigenvalue weighted by molar-refractivity contribution is 4.81. The summed E-state index contributed by atoms with van der Waals surface area (Å²) < 4.78 is 17.5. The van der Waals surface area contributed by atoms with Gasteiger partial charge in [0.05, 0.1) is 13.2 Å². The maximum Gasteiger partial charge on any atom is 0.156 e. The Bertz CT molecular complexity index is 164. The number of halogens is 1. The van der Waals surface area contributed by atoms with Gasteiger partial charge in [-0.25, -0.2) is 4.39 Å². The lowest BCUT2D eigenvalue weighted by atomic mass is 10.1. The van der Waals surface area contributed by atoms with E-state index >= 15 is 0 Å². The average molecular weight is 226 g/mol. The van der Waals surface area contributed by atoms with Crippen molar-refractivity contribution in [2.45, 2.75) is 44.4 Å². The van der Waals surface area contributed by atoms with E-state index in [0.29, 0.717) is 13.0 Å². The van der Waals surface area contributed by atoms with Crippen LogP contribution in [0.5, 0.6) is 0 Å². The predicted molar refractivity (Wildman–Crippen MR) is 50.9 cm³/mol. The quantitative estimate of drug-likeness (QED) is 0.462. The summed E-state index contributed by atoms with van der Waals surface area (Å²) in [4.78, 5) is 0. The fraction of sp³-hybridized carbons (Fsp3) is 1.00. The minimum absolute atomic E-state index is 0.321. The number of hydrogen-bond acceptors (Lipinski definition) is 5. The van der Waals surface area contributed by atoms with E-state index in [9.17, 15) is 4.39 Å². The molecular formula is C9H19FO5. The van der Waals surface area contributed by atoms with Crippen molar-refractivity contribution in [1.82, 2.24) is 0 Å². The van der Waals surface area contributed by atoms with Crippen molar-refractivity contribution >= 4 is 0 Å². The molecule has 1 saturated heterocycles. The van der Waals surface area contributed by atoms with Crippen LogP contribution >= 0.6 is 0 Å². The highest BCUT2D eigenvalue weighted by atomic mass is 19.1. The van der Waals surface area contributed by atoms with Crippen molar-refractivity contribution in [3.05, 3.63) is 0 Å². The first kappa shape index (κ1) is 14.7. The zero-order valence-corrected chi connectivity index (χ0v) is 8.93. The molecule has 0 aromatic rings. The van der Waals surface area contributed by atoms with E-state index in [1.165, 1.54) is 13.8 Å². The molecule has 1 aliphatic rings. The molecule has 0 aromatic heterocycles. The first-order valence-corrected chi connectivity index (χ1v) is 4.75. The van der Waals surface area contributed by atoms with Gasteiger partial charge in [0, 0.05) is 6.42 Å². The molecular weight excluding hydrogens is 207 g/mol. The van der Waals surface area contributed by atoms with Crippen molar-refractivity contribution in [1.29, 1.82) is 0 Å². The molecule has 1 rings (SSSR count). The van der Waals surface area contributed by atoms with Gasteiger partial charge in [0.1, 0.15) is 18.4 Å². The normalized spacial score (nSPS) is 28.2. The largest absolute Gasteiger partial charge is 0.394 e. The first-order valence-electron chi connectivity index (χ1n) is 4.75. The second kappa shape index (κ2) is 6.34. The van der Waals surface area contributed by atoms with Crippen molar-refractivity contribution < 1.29 is 29.6 Å². The van der Waals surface area contributed by atoms with Gasteiger partial charge in [-0.05, 0) is 13.8 Å². The number of aliphatic hydroxyl groups excluding tert-OH is 2. The Morgan fingerprint density at radius 2 is 1.93 bits per heavy atom. The van der Waals surface area contributed by atoms with Gasteiger partial charge in [-0.3, -0.25) is 0 Å². The molecule has 1 heterocycles. The molecule has 0 spiro atoms. The van der Waals surface area contributed by atoms with Crippen molar-refractivity contribution in [2.75, 3.05) is 13.2 Å². The summed E-state index contributed by atoms with van der Waals surface area (Å²) >= 11 is 0. The number of hydrogen-bond donors (Lipinski definition) is 4. The van der Waals surface area contributed by atoms with E-state index in [1.54, 1.807) is 0 Å². The second-order valence-corrected chi connectivity index (χ2v) is 3.88. The third kappa shape index (κ3) is 7.64. The van der Waals surface area contributed by atoms with Crippen LogP contribution in [-0.4, -0.2) is 57.8 Å². The minimum atomic E-state index is -1.50. The topological polar surface area (TPSA) is 90.2 Å². The van der Waals surface area contributed by atoms with Crippen LogP contribution in [-0.2, 0) is 4.74 Å². The van der Waals surface area contributed by atoms with Gasteiger partial charge in [0.15, 0.2) is 5.79 Å². The Morgan fingerprint density at radius 3 is 2.20 bits per heavy atom. The fourth-order valence-electron chi connectivity index (χ4n) is 1.04. The molecule has 0 radical (unpaired) electrons. The van der Waals surface area contributed by atoms with Gasteiger partial charge in [-0.1, -0.05) is 0 Å². The summed E-state index contributed by atoms with van der Waals surface area (Å²) in [5.41, 5.74) is 0. The van der Waals surface area contributed by atoms with Gasteiger partial charge in [0.25, 0.3) is 0 Å².